The molecule has 1 heterocycles. The summed E-state index contributed by atoms with van der Waals surface area (Å²) >= 11 is 0. The predicted molar refractivity (Wildman–Crippen MR) is 54.2 cm³/mol. The van der Waals surface area contributed by atoms with Crippen molar-refractivity contribution < 1.29 is 14.9 Å². The molecule has 1 aliphatic rings. The Morgan fingerprint density at radius 2 is 2.36 bits per heavy atom. The monoisotopic (exact) mass is 203 g/mol. The third-order valence-electron chi connectivity index (χ3n) is 2.54. The van der Waals surface area contributed by atoms with Crippen molar-refractivity contribution in [3.05, 3.63) is 0 Å². The highest BCUT2D eigenvalue weighted by atomic mass is 16.5. The number of β-amino-alcohol motifs (C(OH)–C–C–N with tert-alkyl or cyclic N) is 1. The molecule has 1 fully saturated rings. The Bertz CT molecular complexity index is 152. The average Bonchev–Trinajstić information content (AvgIpc) is 2.19. The number of rotatable bonds is 5. The molecule has 0 spiro atoms. The quantitative estimate of drug-likeness (QED) is 0.652. The summed E-state index contributed by atoms with van der Waals surface area (Å²) in [5.74, 6) is 0. The van der Waals surface area contributed by atoms with Crippen LogP contribution < -0.4 is 0 Å². The van der Waals surface area contributed by atoms with Gasteiger partial charge >= 0.3 is 0 Å². The van der Waals surface area contributed by atoms with Crippen LogP contribution in [-0.2, 0) is 4.74 Å². The van der Waals surface area contributed by atoms with Gasteiger partial charge in [-0.1, -0.05) is 0 Å². The molecule has 14 heavy (non-hydrogen) atoms. The van der Waals surface area contributed by atoms with Crippen LogP contribution in [0.25, 0.3) is 0 Å². The summed E-state index contributed by atoms with van der Waals surface area (Å²) < 4.78 is 5.54. The summed E-state index contributed by atoms with van der Waals surface area (Å²) in [6.07, 6.45) is 1.91. The van der Waals surface area contributed by atoms with Crippen molar-refractivity contribution in [2.75, 3.05) is 32.8 Å². The van der Waals surface area contributed by atoms with Crippen molar-refractivity contribution >= 4 is 0 Å². The third-order valence-corrected chi connectivity index (χ3v) is 2.54. The normalized spacial score (nSPS) is 26.4. The van der Waals surface area contributed by atoms with Crippen LogP contribution in [0.4, 0.5) is 0 Å². The maximum atomic E-state index is 9.29. The van der Waals surface area contributed by atoms with Crippen molar-refractivity contribution in [1.29, 1.82) is 0 Å². The molecule has 0 bridgehead atoms. The van der Waals surface area contributed by atoms with Crippen LogP contribution in [0.1, 0.15) is 19.8 Å². The highest BCUT2D eigenvalue weighted by molar-refractivity contribution is 4.75. The van der Waals surface area contributed by atoms with Gasteiger partial charge in [-0.25, -0.2) is 0 Å². The largest absolute Gasteiger partial charge is 0.394 e. The summed E-state index contributed by atoms with van der Waals surface area (Å²) in [7, 11) is 0. The second kappa shape index (κ2) is 6.35. The van der Waals surface area contributed by atoms with E-state index in [9.17, 15) is 5.11 Å². The van der Waals surface area contributed by atoms with E-state index in [0.717, 1.165) is 32.5 Å². The zero-order valence-corrected chi connectivity index (χ0v) is 8.85. The molecule has 0 aliphatic carbocycles. The predicted octanol–water partition coefficient (Wildman–Crippen LogP) is -0.160. The Kier molecular flexibility index (Phi) is 5.40. The van der Waals surface area contributed by atoms with Gasteiger partial charge in [0, 0.05) is 19.7 Å². The summed E-state index contributed by atoms with van der Waals surface area (Å²) in [6.45, 7) is 5.03. The fourth-order valence-corrected chi connectivity index (χ4v) is 1.91. The van der Waals surface area contributed by atoms with Crippen molar-refractivity contribution in [3.8, 4) is 0 Å². The number of hydrogen-bond donors (Lipinski definition) is 2. The van der Waals surface area contributed by atoms with Gasteiger partial charge in [0.1, 0.15) is 0 Å². The van der Waals surface area contributed by atoms with E-state index in [1.807, 2.05) is 6.92 Å². The Morgan fingerprint density at radius 3 is 3.00 bits per heavy atom. The lowest BCUT2D eigenvalue weighted by atomic mass is 10.1. The molecule has 1 saturated heterocycles. The van der Waals surface area contributed by atoms with E-state index in [1.54, 1.807) is 0 Å². The third kappa shape index (κ3) is 3.92. The Balaban J connectivity index is 2.25. The average molecular weight is 203 g/mol. The number of aliphatic hydroxyl groups is 2. The van der Waals surface area contributed by atoms with E-state index in [-0.39, 0.29) is 6.61 Å². The molecule has 0 aromatic carbocycles. The standard InChI is InChI=1S/C10H21NO3/c1-2-14-10-4-3-5-11(7-10)6-9(13)8-12/h9-10,12-13H,2-8H2,1H3. The molecule has 1 aliphatic heterocycles. The summed E-state index contributed by atoms with van der Waals surface area (Å²) in [4.78, 5) is 2.16. The number of aliphatic hydroxyl groups excluding tert-OH is 2. The minimum atomic E-state index is -0.615. The molecule has 0 aromatic heterocycles. The minimum absolute atomic E-state index is 0.157. The van der Waals surface area contributed by atoms with Crippen LogP contribution >= 0.6 is 0 Å². The highest BCUT2D eigenvalue weighted by Crippen LogP contribution is 2.13. The number of nitrogens with zero attached hydrogens (tertiary/aromatic N) is 1. The van der Waals surface area contributed by atoms with Crippen LogP contribution in [0, 0.1) is 0 Å². The van der Waals surface area contributed by atoms with Gasteiger partial charge in [0.15, 0.2) is 0 Å². The topological polar surface area (TPSA) is 52.9 Å². The van der Waals surface area contributed by atoms with Gasteiger partial charge in [-0.2, -0.15) is 0 Å². The lowest BCUT2D eigenvalue weighted by Crippen LogP contribution is -2.44. The van der Waals surface area contributed by atoms with Crippen molar-refractivity contribution in [1.82, 2.24) is 4.90 Å². The van der Waals surface area contributed by atoms with Gasteiger partial charge in [0.25, 0.3) is 0 Å². The first-order chi connectivity index (χ1) is 6.76. The maximum absolute atomic E-state index is 9.29. The second-order valence-corrected chi connectivity index (χ2v) is 3.82. The fourth-order valence-electron chi connectivity index (χ4n) is 1.91. The van der Waals surface area contributed by atoms with Crippen molar-refractivity contribution in [3.63, 3.8) is 0 Å². The summed E-state index contributed by atoms with van der Waals surface area (Å²) in [5, 5.41) is 18.0. The van der Waals surface area contributed by atoms with Gasteiger partial charge in [0.05, 0.1) is 18.8 Å². The van der Waals surface area contributed by atoms with E-state index in [4.69, 9.17) is 9.84 Å². The number of likely N-dealkylation sites (tertiary alicyclic amines) is 1. The van der Waals surface area contributed by atoms with Crippen molar-refractivity contribution in [2.24, 2.45) is 0 Å². The minimum Gasteiger partial charge on any atom is -0.394 e. The highest BCUT2D eigenvalue weighted by Gasteiger charge is 2.21. The lowest BCUT2D eigenvalue weighted by Gasteiger charge is -2.33. The molecule has 4 heteroatoms. The van der Waals surface area contributed by atoms with Gasteiger partial charge in [-0.3, -0.25) is 4.90 Å². The smallest absolute Gasteiger partial charge is 0.0897 e. The van der Waals surface area contributed by atoms with Gasteiger partial charge in [-0.05, 0) is 26.3 Å². The van der Waals surface area contributed by atoms with E-state index < -0.39 is 6.10 Å². The molecule has 4 nitrogen and oxygen atoms in total. The first kappa shape index (κ1) is 11.9. The van der Waals surface area contributed by atoms with Crippen LogP contribution in [0.5, 0.6) is 0 Å². The Morgan fingerprint density at radius 1 is 1.57 bits per heavy atom. The van der Waals surface area contributed by atoms with Crippen LogP contribution in [0.2, 0.25) is 0 Å². The zero-order chi connectivity index (χ0) is 10.4. The Hall–Kier alpha value is -0.160. The Labute approximate surface area is 85.5 Å². The van der Waals surface area contributed by atoms with E-state index in [1.165, 1.54) is 0 Å². The molecule has 0 amide bonds. The molecular weight excluding hydrogens is 182 g/mol. The maximum Gasteiger partial charge on any atom is 0.0897 e. The van der Waals surface area contributed by atoms with Crippen LogP contribution in [0.15, 0.2) is 0 Å². The molecule has 0 aromatic rings. The molecule has 2 unspecified atom stereocenters. The lowest BCUT2D eigenvalue weighted by molar-refractivity contribution is -0.0140. The van der Waals surface area contributed by atoms with Crippen LogP contribution in [0.3, 0.4) is 0 Å². The van der Waals surface area contributed by atoms with Gasteiger partial charge in [-0.15, -0.1) is 0 Å². The number of ether oxygens (including phenoxy) is 1. The fraction of sp³-hybridized carbons (Fsp3) is 1.00. The summed E-state index contributed by atoms with van der Waals surface area (Å²) in [6, 6.07) is 0. The SMILES string of the molecule is CCOC1CCCN(CC(O)CO)C1. The van der Waals surface area contributed by atoms with E-state index in [2.05, 4.69) is 4.90 Å². The first-order valence-electron chi connectivity index (χ1n) is 5.39. The number of piperidine rings is 1. The number of hydrogen-bond acceptors (Lipinski definition) is 4. The molecule has 2 N–H and O–H groups in total. The summed E-state index contributed by atoms with van der Waals surface area (Å²) in [5.41, 5.74) is 0. The molecular formula is C10H21NO3. The molecule has 0 saturated carbocycles. The molecule has 1 rings (SSSR count). The molecule has 0 radical (unpaired) electrons. The van der Waals surface area contributed by atoms with Crippen LogP contribution in [-0.4, -0.2) is 60.2 Å². The first-order valence-corrected chi connectivity index (χ1v) is 5.39. The molecule has 84 valence electrons. The van der Waals surface area contributed by atoms with E-state index in [0.29, 0.717) is 12.6 Å². The van der Waals surface area contributed by atoms with E-state index >= 15 is 0 Å². The van der Waals surface area contributed by atoms with Crippen molar-refractivity contribution in [2.45, 2.75) is 32.0 Å². The second-order valence-electron chi connectivity index (χ2n) is 3.82. The van der Waals surface area contributed by atoms with Gasteiger partial charge < -0.3 is 14.9 Å². The zero-order valence-electron chi connectivity index (χ0n) is 8.85. The molecule has 2 atom stereocenters. The van der Waals surface area contributed by atoms with Gasteiger partial charge in [0.2, 0.25) is 0 Å².